The number of hydrogen-bond acceptors (Lipinski definition) is 5. The van der Waals surface area contributed by atoms with Crippen LogP contribution in [-0.4, -0.2) is 32.6 Å². The van der Waals surface area contributed by atoms with Crippen LogP contribution in [0.5, 0.6) is 0 Å². The highest BCUT2D eigenvalue weighted by molar-refractivity contribution is 7.99. The summed E-state index contributed by atoms with van der Waals surface area (Å²) in [7, 11) is 0. The Bertz CT molecular complexity index is 495. The Labute approximate surface area is 123 Å². The minimum atomic E-state index is -0.132. The van der Waals surface area contributed by atoms with Crippen LogP contribution >= 0.6 is 11.8 Å². The summed E-state index contributed by atoms with van der Waals surface area (Å²) in [5.74, 6) is 1.66. The molecule has 0 spiro atoms. The summed E-state index contributed by atoms with van der Waals surface area (Å²) in [6.07, 6.45) is 5.38. The van der Waals surface area contributed by atoms with Crippen molar-refractivity contribution in [2.24, 2.45) is 0 Å². The molecule has 2 aliphatic rings. The maximum Gasteiger partial charge on any atom is 0.306 e. The van der Waals surface area contributed by atoms with Gasteiger partial charge in [0.2, 0.25) is 0 Å². The van der Waals surface area contributed by atoms with E-state index in [1.165, 1.54) is 31.5 Å². The first-order valence-electron chi connectivity index (χ1n) is 7.46. The molecule has 0 saturated heterocycles. The van der Waals surface area contributed by atoms with Crippen molar-refractivity contribution in [1.29, 1.82) is 0 Å². The van der Waals surface area contributed by atoms with Crippen molar-refractivity contribution < 1.29 is 9.53 Å². The third-order valence-corrected chi connectivity index (χ3v) is 4.67. The van der Waals surface area contributed by atoms with E-state index in [0.717, 1.165) is 5.16 Å². The van der Waals surface area contributed by atoms with Gasteiger partial charge >= 0.3 is 5.97 Å². The molecule has 0 amide bonds. The fourth-order valence-corrected chi connectivity index (χ4v) is 3.36. The molecule has 0 radical (unpaired) electrons. The van der Waals surface area contributed by atoms with E-state index < -0.39 is 0 Å². The van der Waals surface area contributed by atoms with Crippen molar-refractivity contribution in [3.63, 3.8) is 0 Å². The molecule has 20 heavy (non-hydrogen) atoms. The number of nitrogens with zero attached hydrogens (tertiary/aromatic N) is 3. The first-order chi connectivity index (χ1) is 9.69. The highest BCUT2D eigenvalue weighted by atomic mass is 32.2. The maximum absolute atomic E-state index is 11.5. The zero-order chi connectivity index (χ0) is 14.1. The number of carbonyl (C=O) groups excluding carboxylic acids is 1. The lowest BCUT2D eigenvalue weighted by molar-refractivity contribution is -0.142. The summed E-state index contributed by atoms with van der Waals surface area (Å²) in [4.78, 5) is 11.5. The topological polar surface area (TPSA) is 57.0 Å². The summed E-state index contributed by atoms with van der Waals surface area (Å²) < 4.78 is 7.32. The predicted octanol–water partition coefficient (Wildman–Crippen LogP) is 2.92. The standard InChI is InChI=1S/C14H21N3O2S/c1-3-19-12(18)8-9(2)20-14-16-15-13(10-4-5-10)17(14)11-6-7-11/h9-11H,3-8H2,1-2H3. The summed E-state index contributed by atoms with van der Waals surface area (Å²) in [6, 6.07) is 0.595. The van der Waals surface area contributed by atoms with Crippen molar-refractivity contribution in [2.45, 2.75) is 68.3 Å². The zero-order valence-corrected chi connectivity index (χ0v) is 12.9. The van der Waals surface area contributed by atoms with E-state index in [0.29, 0.717) is 25.0 Å². The van der Waals surface area contributed by atoms with Crippen LogP contribution < -0.4 is 0 Å². The van der Waals surface area contributed by atoms with Crippen LogP contribution in [-0.2, 0) is 9.53 Å². The number of thioether (sulfide) groups is 1. The Kier molecular flexibility index (Phi) is 4.01. The van der Waals surface area contributed by atoms with Crippen LogP contribution in [0.4, 0.5) is 0 Å². The van der Waals surface area contributed by atoms with E-state index in [2.05, 4.69) is 14.8 Å². The summed E-state index contributed by atoms with van der Waals surface area (Å²) >= 11 is 1.65. The van der Waals surface area contributed by atoms with Crippen molar-refractivity contribution in [2.75, 3.05) is 6.61 Å². The molecule has 2 fully saturated rings. The van der Waals surface area contributed by atoms with Crippen LogP contribution in [0.3, 0.4) is 0 Å². The molecular weight excluding hydrogens is 274 g/mol. The number of esters is 1. The lowest BCUT2D eigenvalue weighted by Gasteiger charge is -2.12. The third-order valence-electron chi connectivity index (χ3n) is 3.61. The molecule has 1 unspecified atom stereocenters. The molecule has 2 saturated carbocycles. The monoisotopic (exact) mass is 295 g/mol. The Balaban J connectivity index is 1.66. The van der Waals surface area contributed by atoms with Crippen LogP contribution in [0, 0.1) is 0 Å². The molecule has 1 atom stereocenters. The molecule has 1 heterocycles. The van der Waals surface area contributed by atoms with E-state index in [-0.39, 0.29) is 11.2 Å². The van der Waals surface area contributed by atoms with Gasteiger partial charge in [0, 0.05) is 17.2 Å². The largest absolute Gasteiger partial charge is 0.466 e. The minimum absolute atomic E-state index is 0.132. The second-order valence-corrected chi connectivity index (χ2v) is 7.06. The van der Waals surface area contributed by atoms with Gasteiger partial charge in [0.15, 0.2) is 5.16 Å². The first-order valence-corrected chi connectivity index (χ1v) is 8.34. The maximum atomic E-state index is 11.5. The zero-order valence-electron chi connectivity index (χ0n) is 12.0. The van der Waals surface area contributed by atoms with Gasteiger partial charge in [0.05, 0.1) is 13.0 Å². The predicted molar refractivity (Wildman–Crippen MR) is 76.8 cm³/mol. The van der Waals surface area contributed by atoms with Crippen LogP contribution in [0.1, 0.15) is 63.7 Å². The Morgan fingerprint density at radius 3 is 2.75 bits per heavy atom. The quantitative estimate of drug-likeness (QED) is 0.572. The molecule has 0 aromatic carbocycles. The van der Waals surface area contributed by atoms with Crippen molar-refractivity contribution in [3.8, 4) is 0 Å². The van der Waals surface area contributed by atoms with Gasteiger partial charge in [0.1, 0.15) is 5.82 Å². The molecule has 0 aliphatic heterocycles. The van der Waals surface area contributed by atoms with Crippen molar-refractivity contribution in [1.82, 2.24) is 14.8 Å². The lowest BCUT2D eigenvalue weighted by atomic mass is 10.3. The van der Waals surface area contributed by atoms with Gasteiger partial charge in [-0.15, -0.1) is 10.2 Å². The average molecular weight is 295 g/mol. The van der Waals surface area contributed by atoms with E-state index in [4.69, 9.17) is 4.74 Å². The van der Waals surface area contributed by atoms with Gasteiger partial charge in [-0.1, -0.05) is 18.7 Å². The first kappa shape index (κ1) is 13.9. The summed E-state index contributed by atoms with van der Waals surface area (Å²) in [5, 5.41) is 9.89. The van der Waals surface area contributed by atoms with Gasteiger partial charge in [-0.25, -0.2) is 0 Å². The highest BCUT2D eigenvalue weighted by Gasteiger charge is 2.36. The molecule has 1 aromatic rings. The van der Waals surface area contributed by atoms with E-state index in [9.17, 15) is 4.79 Å². The number of ether oxygens (including phenoxy) is 1. The van der Waals surface area contributed by atoms with Crippen LogP contribution in [0.15, 0.2) is 5.16 Å². The molecule has 3 rings (SSSR count). The van der Waals surface area contributed by atoms with Gasteiger partial charge in [-0.3, -0.25) is 4.79 Å². The SMILES string of the molecule is CCOC(=O)CC(C)Sc1nnc(C2CC2)n1C1CC1. The Hall–Kier alpha value is -1.04. The van der Waals surface area contributed by atoms with E-state index in [1.54, 1.807) is 11.8 Å². The highest BCUT2D eigenvalue weighted by Crippen LogP contribution is 2.46. The molecule has 2 aliphatic carbocycles. The van der Waals surface area contributed by atoms with Crippen LogP contribution in [0.25, 0.3) is 0 Å². The minimum Gasteiger partial charge on any atom is -0.466 e. The summed E-state index contributed by atoms with van der Waals surface area (Å²) in [6.45, 7) is 4.33. The fraction of sp³-hybridized carbons (Fsp3) is 0.786. The van der Waals surface area contributed by atoms with Crippen molar-refractivity contribution >= 4 is 17.7 Å². The molecule has 6 heteroatoms. The number of carbonyl (C=O) groups is 1. The Morgan fingerprint density at radius 1 is 1.40 bits per heavy atom. The van der Waals surface area contributed by atoms with E-state index >= 15 is 0 Å². The molecule has 5 nitrogen and oxygen atoms in total. The third kappa shape index (κ3) is 3.16. The molecule has 0 bridgehead atoms. The van der Waals surface area contributed by atoms with Gasteiger partial charge in [-0.2, -0.15) is 0 Å². The molecular formula is C14H21N3O2S. The molecule has 1 aromatic heterocycles. The average Bonchev–Trinajstić information content (AvgIpc) is 3.29. The van der Waals surface area contributed by atoms with E-state index in [1.807, 2.05) is 13.8 Å². The lowest BCUT2D eigenvalue weighted by Crippen LogP contribution is -2.12. The number of rotatable bonds is 7. The molecule has 0 N–H and O–H groups in total. The normalized spacial score (nSPS) is 19.9. The Morgan fingerprint density at radius 2 is 2.15 bits per heavy atom. The van der Waals surface area contributed by atoms with Crippen molar-refractivity contribution in [3.05, 3.63) is 5.82 Å². The second-order valence-electron chi connectivity index (χ2n) is 5.65. The summed E-state index contributed by atoms with van der Waals surface area (Å²) in [5.41, 5.74) is 0. The van der Waals surface area contributed by atoms with Gasteiger partial charge in [0.25, 0.3) is 0 Å². The van der Waals surface area contributed by atoms with Gasteiger partial charge in [-0.05, 0) is 32.6 Å². The number of aromatic nitrogens is 3. The van der Waals surface area contributed by atoms with Gasteiger partial charge < -0.3 is 9.30 Å². The number of hydrogen-bond donors (Lipinski definition) is 0. The smallest absolute Gasteiger partial charge is 0.306 e. The molecule has 110 valence electrons. The fourth-order valence-electron chi connectivity index (χ4n) is 2.34. The van der Waals surface area contributed by atoms with Crippen LogP contribution in [0.2, 0.25) is 0 Å². The second kappa shape index (κ2) is 5.76.